The Hall–Kier alpha value is -1.11. The zero-order chi connectivity index (χ0) is 10.1. The Labute approximate surface area is 71.9 Å². The van der Waals surface area contributed by atoms with Crippen molar-refractivity contribution < 1.29 is 17.7 Å². The van der Waals surface area contributed by atoms with Gasteiger partial charge >= 0.3 is 6.18 Å². The summed E-state index contributed by atoms with van der Waals surface area (Å²) in [6.07, 6.45) is -4.13. The van der Waals surface area contributed by atoms with Crippen molar-refractivity contribution in [3.8, 4) is 0 Å². The lowest BCUT2D eigenvalue weighted by Gasteiger charge is -1.99. The van der Waals surface area contributed by atoms with E-state index in [1.165, 1.54) is 0 Å². The molecular weight excluding hydrogens is 187 g/mol. The second-order valence-electron chi connectivity index (χ2n) is 2.47. The molecule has 0 bridgehead atoms. The molecule has 0 unspecified atom stereocenters. The summed E-state index contributed by atoms with van der Waals surface area (Å²) in [5.74, 6) is -1.47. The molecule has 7 heteroatoms. The van der Waals surface area contributed by atoms with E-state index in [-0.39, 0.29) is 5.89 Å². The molecule has 74 valence electrons. The molecular formula is C6H8F3N3O. The van der Waals surface area contributed by atoms with Crippen LogP contribution in [0.4, 0.5) is 13.2 Å². The molecule has 0 fully saturated rings. The van der Waals surface area contributed by atoms with Gasteiger partial charge in [-0.1, -0.05) is 12.1 Å². The second kappa shape index (κ2) is 3.33. The van der Waals surface area contributed by atoms with E-state index in [9.17, 15) is 13.2 Å². The number of hydrogen-bond acceptors (Lipinski definition) is 4. The molecule has 1 aromatic heterocycles. The Morgan fingerprint density at radius 1 is 1.54 bits per heavy atom. The van der Waals surface area contributed by atoms with Crippen LogP contribution >= 0.6 is 0 Å². The van der Waals surface area contributed by atoms with E-state index in [0.29, 0.717) is 6.42 Å². The maximum absolute atomic E-state index is 11.9. The number of alkyl halides is 3. The molecule has 0 spiro atoms. The maximum Gasteiger partial charge on any atom is 0.455 e. The number of halogens is 3. The Balaban J connectivity index is 2.87. The third-order valence-corrected chi connectivity index (χ3v) is 1.45. The standard InChI is InChI=1S/C6H8F3N3O/c1-2-3(10)4-11-5(12-13-4)6(7,8)9/h3H,2,10H2,1H3/t3-/m1/s1. The summed E-state index contributed by atoms with van der Waals surface area (Å²) >= 11 is 0. The molecule has 2 N–H and O–H groups in total. The summed E-state index contributed by atoms with van der Waals surface area (Å²) in [6, 6.07) is -0.636. The number of aromatic nitrogens is 2. The smallest absolute Gasteiger partial charge is 0.337 e. The van der Waals surface area contributed by atoms with Crippen LogP contribution in [0.3, 0.4) is 0 Å². The highest BCUT2D eigenvalue weighted by Gasteiger charge is 2.37. The van der Waals surface area contributed by atoms with Gasteiger partial charge in [-0.05, 0) is 6.42 Å². The second-order valence-corrected chi connectivity index (χ2v) is 2.47. The van der Waals surface area contributed by atoms with Crippen molar-refractivity contribution in [1.82, 2.24) is 10.1 Å². The van der Waals surface area contributed by atoms with Gasteiger partial charge in [0.1, 0.15) is 0 Å². The fraction of sp³-hybridized carbons (Fsp3) is 0.667. The van der Waals surface area contributed by atoms with Gasteiger partial charge in [-0.15, -0.1) is 0 Å². The minimum Gasteiger partial charge on any atom is -0.337 e. The Bertz CT molecular complexity index is 283. The molecule has 0 aliphatic heterocycles. The highest BCUT2D eigenvalue weighted by molar-refractivity contribution is 4.94. The molecule has 0 radical (unpaired) electrons. The summed E-state index contributed by atoms with van der Waals surface area (Å²) in [5, 5.41) is 2.77. The average Bonchev–Trinajstić information content (AvgIpc) is 2.50. The van der Waals surface area contributed by atoms with Gasteiger partial charge in [-0.2, -0.15) is 18.2 Å². The van der Waals surface area contributed by atoms with Crippen molar-refractivity contribution in [3.63, 3.8) is 0 Å². The van der Waals surface area contributed by atoms with Gasteiger partial charge in [-0.3, -0.25) is 0 Å². The number of nitrogens with zero attached hydrogens (tertiary/aromatic N) is 2. The van der Waals surface area contributed by atoms with Crippen molar-refractivity contribution in [2.75, 3.05) is 0 Å². The lowest BCUT2D eigenvalue weighted by molar-refractivity contribution is -0.146. The first-order chi connectivity index (χ1) is 5.95. The highest BCUT2D eigenvalue weighted by atomic mass is 19.4. The Morgan fingerprint density at radius 2 is 2.15 bits per heavy atom. The molecule has 4 nitrogen and oxygen atoms in total. The molecule has 13 heavy (non-hydrogen) atoms. The summed E-state index contributed by atoms with van der Waals surface area (Å²) in [6.45, 7) is 1.71. The van der Waals surface area contributed by atoms with Gasteiger partial charge in [0.25, 0.3) is 5.82 Å². The van der Waals surface area contributed by atoms with Crippen LogP contribution in [-0.4, -0.2) is 10.1 Å². The lowest BCUT2D eigenvalue weighted by atomic mass is 10.2. The van der Waals surface area contributed by atoms with Gasteiger partial charge in [0.05, 0.1) is 6.04 Å². The first kappa shape index (κ1) is 9.97. The molecule has 0 saturated carbocycles. The van der Waals surface area contributed by atoms with Crippen LogP contribution in [0.25, 0.3) is 0 Å². The van der Waals surface area contributed by atoms with Crippen molar-refractivity contribution in [2.45, 2.75) is 25.6 Å². The van der Waals surface area contributed by atoms with Gasteiger partial charge in [-0.25, -0.2) is 0 Å². The normalized spacial score (nSPS) is 14.5. The predicted molar refractivity (Wildman–Crippen MR) is 36.5 cm³/mol. The Morgan fingerprint density at radius 3 is 2.54 bits per heavy atom. The van der Waals surface area contributed by atoms with Crippen LogP contribution in [0.2, 0.25) is 0 Å². The fourth-order valence-corrected chi connectivity index (χ4v) is 0.676. The van der Waals surface area contributed by atoms with Crippen LogP contribution in [0.5, 0.6) is 0 Å². The highest BCUT2D eigenvalue weighted by Crippen LogP contribution is 2.27. The summed E-state index contributed by atoms with van der Waals surface area (Å²) in [7, 11) is 0. The molecule has 0 aliphatic carbocycles. The zero-order valence-corrected chi connectivity index (χ0v) is 6.80. The number of nitrogens with two attached hydrogens (primary N) is 1. The molecule has 1 atom stereocenters. The summed E-state index contributed by atoms with van der Waals surface area (Å²) in [4.78, 5) is 3.12. The minimum atomic E-state index is -4.57. The Kier molecular flexibility index (Phi) is 2.55. The van der Waals surface area contributed by atoms with Crippen molar-refractivity contribution in [1.29, 1.82) is 0 Å². The third-order valence-electron chi connectivity index (χ3n) is 1.45. The van der Waals surface area contributed by atoms with Gasteiger partial charge in [0.2, 0.25) is 5.89 Å². The van der Waals surface area contributed by atoms with Crippen LogP contribution in [0.1, 0.15) is 31.1 Å². The molecule has 0 aliphatic rings. The van der Waals surface area contributed by atoms with Gasteiger partial charge in [0.15, 0.2) is 0 Å². The topological polar surface area (TPSA) is 64.9 Å². The number of rotatable bonds is 2. The van der Waals surface area contributed by atoms with E-state index in [1.54, 1.807) is 6.92 Å². The fourth-order valence-electron chi connectivity index (χ4n) is 0.676. The van der Waals surface area contributed by atoms with E-state index >= 15 is 0 Å². The van der Waals surface area contributed by atoms with E-state index in [2.05, 4.69) is 14.7 Å². The van der Waals surface area contributed by atoms with Crippen LogP contribution in [0.15, 0.2) is 4.52 Å². The first-order valence-electron chi connectivity index (χ1n) is 3.61. The zero-order valence-electron chi connectivity index (χ0n) is 6.80. The first-order valence-corrected chi connectivity index (χ1v) is 3.61. The largest absolute Gasteiger partial charge is 0.455 e. The average molecular weight is 195 g/mol. The molecule has 0 aromatic carbocycles. The van der Waals surface area contributed by atoms with Crippen molar-refractivity contribution >= 4 is 0 Å². The summed E-state index contributed by atoms with van der Waals surface area (Å²) in [5.41, 5.74) is 5.39. The predicted octanol–water partition coefficient (Wildman–Crippen LogP) is 1.50. The molecule has 1 heterocycles. The van der Waals surface area contributed by atoms with E-state index in [4.69, 9.17) is 5.73 Å². The quantitative estimate of drug-likeness (QED) is 0.776. The monoisotopic (exact) mass is 195 g/mol. The van der Waals surface area contributed by atoms with E-state index < -0.39 is 18.0 Å². The molecule has 1 aromatic rings. The number of hydrogen-bond donors (Lipinski definition) is 1. The van der Waals surface area contributed by atoms with Gasteiger partial charge in [0, 0.05) is 0 Å². The van der Waals surface area contributed by atoms with Crippen LogP contribution in [-0.2, 0) is 6.18 Å². The van der Waals surface area contributed by atoms with Crippen LogP contribution in [0, 0.1) is 0 Å². The van der Waals surface area contributed by atoms with E-state index in [1.807, 2.05) is 0 Å². The molecule has 0 amide bonds. The third kappa shape index (κ3) is 2.18. The van der Waals surface area contributed by atoms with Crippen molar-refractivity contribution in [2.24, 2.45) is 5.73 Å². The molecule has 1 rings (SSSR count). The minimum absolute atomic E-state index is 0.185. The van der Waals surface area contributed by atoms with Gasteiger partial charge < -0.3 is 10.3 Å². The maximum atomic E-state index is 11.9. The molecule has 0 saturated heterocycles. The lowest BCUT2D eigenvalue weighted by Crippen LogP contribution is -2.11. The SMILES string of the molecule is CC[C@@H](N)c1nc(C(F)(F)F)no1. The van der Waals surface area contributed by atoms with E-state index in [0.717, 1.165) is 0 Å². The van der Waals surface area contributed by atoms with Crippen LogP contribution < -0.4 is 5.73 Å². The summed E-state index contributed by atoms with van der Waals surface area (Å²) < 4.78 is 40.2. The van der Waals surface area contributed by atoms with Crippen molar-refractivity contribution in [3.05, 3.63) is 11.7 Å².